The third-order valence-corrected chi connectivity index (χ3v) is 9.10. The number of hydrogen-bond acceptors (Lipinski definition) is 7. The average Bonchev–Trinajstić information content (AvgIpc) is 2.94. The number of benzene rings is 3. The zero-order chi connectivity index (χ0) is 32.6. The lowest BCUT2D eigenvalue weighted by molar-refractivity contribution is -0.143. The van der Waals surface area contributed by atoms with Crippen LogP contribution < -0.4 is 13.8 Å². The molecule has 0 unspecified atom stereocenters. The van der Waals surface area contributed by atoms with Crippen LogP contribution in [0.3, 0.4) is 0 Å². The van der Waals surface area contributed by atoms with Crippen molar-refractivity contribution in [1.82, 2.24) is 4.90 Å². The van der Waals surface area contributed by atoms with Crippen molar-refractivity contribution in [2.24, 2.45) is 0 Å². The molecule has 0 saturated carbocycles. The minimum absolute atomic E-state index is 0.0307. The molecule has 2 aliphatic heterocycles. The minimum atomic E-state index is -4.80. The molecule has 0 N–H and O–H groups in total. The van der Waals surface area contributed by atoms with Gasteiger partial charge in [0, 0.05) is 25.6 Å². The van der Waals surface area contributed by atoms with Crippen molar-refractivity contribution in [3.05, 3.63) is 72.0 Å². The number of carbonyl (C=O) groups excluding carboxylic acids is 1. The van der Waals surface area contributed by atoms with Gasteiger partial charge in [-0.1, -0.05) is 12.1 Å². The van der Waals surface area contributed by atoms with Crippen LogP contribution in [0.1, 0.15) is 25.3 Å². The third kappa shape index (κ3) is 7.14. The van der Waals surface area contributed by atoms with Gasteiger partial charge in [0.2, 0.25) is 0 Å². The molecule has 0 amide bonds. The van der Waals surface area contributed by atoms with E-state index in [0.717, 1.165) is 40.7 Å². The Bertz CT molecular complexity index is 1680. The molecule has 15 heteroatoms. The molecule has 2 aliphatic rings. The summed E-state index contributed by atoms with van der Waals surface area (Å²) in [7, 11) is -4.61. The number of ether oxygens (including phenoxy) is 3. The van der Waals surface area contributed by atoms with Crippen LogP contribution in [0.5, 0.6) is 11.5 Å². The molecule has 1 saturated heterocycles. The largest absolute Gasteiger partial charge is 0.480 e. The fourth-order valence-electron chi connectivity index (χ4n) is 5.44. The van der Waals surface area contributed by atoms with E-state index >= 15 is 0 Å². The number of fused-ring (bicyclic) bond motifs is 1. The number of halogens is 6. The van der Waals surface area contributed by atoms with Crippen LogP contribution in [0.2, 0.25) is 0 Å². The van der Waals surface area contributed by atoms with E-state index in [9.17, 15) is 39.6 Å². The fraction of sp³-hybridized carbons (Fsp3) is 0.367. The van der Waals surface area contributed by atoms with Gasteiger partial charge in [0.05, 0.1) is 29.3 Å². The number of anilines is 1. The first-order valence-electron chi connectivity index (χ1n) is 13.9. The number of alkyl halides is 5. The molecule has 0 radical (unpaired) electrons. The van der Waals surface area contributed by atoms with Crippen LogP contribution in [0, 0.1) is 5.82 Å². The van der Waals surface area contributed by atoms with Crippen molar-refractivity contribution < 1.29 is 53.8 Å². The second-order valence-electron chi connectivity index (χ2n) is 10.7. The van der Waals surface area contributed by atoms with E-state index in [1.54, 1.807) is 6.92 Å². The SMILES string of the molecule is CCOC(=O)CCCN1CC2(C1)CN(S(=O)(=O)c1cccc(C(F)(F)F)c1)c1cc(-c3cc(F)cc(OC(F)F)c3)ccc1O2. The Kier molecular flexibility index (Phi) is 8.95. The Morgan fingerprint density at radius 3 is 2.47 bits per heavy atom. The summed E-state index contributed by atoms with van der Waals surface area (Å²) in [6, 6.07) is 10.6. The first-order chi connectivity index (χ1) is 21.2. The molecule has 0 bridgehead atoms. The van der Waals surface area contributed by atoms with Crippen molar-refractivity contribution in [2.45, 2.75) is 43.0 Å². The van der Waals surface area contributed by atoms with Gasteiger partial charge in [-0.05, 0) is 73.5 Å². The molecule has 0 aliphatic carbocycles. The van der Waals surface area contributed by atoms with Crippen LogP contribution in [0.25, 0.3) is 11.1 Å². The van der Waals surface area contributed by atoms with E-state index in [0.29, 0.717) is 19.0 Å². The van der Waals surface area contributed by atoms with E-state index in [2.05, 4.69) is 4.74 Å². The molecule has 8 nitrogen and oxygen atoms in total. The first-order valence-corrected chi connectivity index (χ1v) is 15.3. The van der Waals surface area contributed by atoms with Crippen LogP contribution in [-0.4, -0.2) is 64.3 Å². The smallest absolute Gasteiger partial charge is 0.416 e. The minimum Gasteiger partial charge on any atom is -0.480 e. The van der Waals surface area contributed by atoms with Gasteiger partial charge in [-0.15, -0.1) is 0 Å². The number of rotatable bonds is 10. The molecule has 1 fully saturated rings. The second kappa shape index (κ2) is 12.4. The van der Waals surface area contributed by atoms with Crippen LogP contribution in [0.4, 0.5) is 32.0 Å². The molecule has 3 aromatic rings. The van der Waals surface area contributed by atoms with E-state index in [1.807, 2.05) is 4.90 Å². The molecular formula is C30H28F6N2O6S. The van der Waals surface area contributed by atoms with Crippen LogP contribution in [0.15, 0.2) is 65.6 Å². The lowest BCUT2D eigenvalue weighted by Crippen LogP contribution is -2.71. The Morgan fingerprint density at radius 2 is 1.78 bits per heavy atom. The number of likely N-dealkylation sites (tertiary alicyclic amines) is 1. The molecule has 3 aromatic carbocycles. The van der Waals surface area contributed by atoms with Gasteiger partial charge in [-0.25, -0.2) is 12.8 Å². The van der Waals surface area contributed by atoms with Gasteiger partial charge in [-0.3, -0.25) is 14.0 Å². The lowest BCUT2D eigenvalue weighted by atomic mass is 9.91. The molecule has 45 heavy (non-hydrogen) atoms. The summed E-state index contributed by atoms with van der Waals surface area (Å²) in [4.78, 5) is 13.0. The molecule has 0 atom stereocenters. The molecule has 2 heterocycles. The predicted molar refractivity (Wildman–Crippen MR) is 150 cm³/mol. The van der Waals surface area contributed by atoms with Gasteiger partial charge in [0.1, 0.15) is 17.3 Å². The van der Waals surface area contributed by atoms with Crippen molar-refractivity contribution >= 4 is 21.7 Å². The maximum Gasteiger partial charge on any atom is 0.416 e. The van der Waals surface area contributed by atoms with E-state index in [4.69, 9.17) is 9.47 Å². The lowest BCUT2D eigenvalue weighted by Gasteiger charge is -2.54. The number of nitrogens with zero attached hydrogens (tertiary/aromatic N) is 2. The maximum absolute atomic E-state index is 14.3. The highest BCUT2D eigenvalue weighted by Gasteiger charge is 2.52. The van der Waals surface area contributed by atoms with E-state index in [-0.39, 0.29) is 61.2 Å². The average molecular weight is 659 g/mol. The van der Waals surface area contributed by atoms with Crippen molar-refractivity contribution in [3.8, 4) is 22.6 Å². The van der Waals surface area contributed by atoms with E-state index < -0.39 is 50.4 Å². The monoisotopic (exact) mass is 658 g/mol. The Hall–Kier alpha value is -3.98. The Morgan fingerprint density at radius 1 is 1.02 bits per heavy atom. The quantitative estimate of drug-likeness (QED) is 0.192. The third-order valence-electron chi connectivity index (χ3n) is 7.35. The fourth-order valence-corrected chi connectivity index (χ4v) is 7.02. The zero-order valence-electron chi connectivity index (χ0n) is 23.8. The van der Waals surface area contributed by atoms with Gasteiger partial charge in [0.15, 0.2) is 5.60 Å². The highest BCUT2D eigenvalue weighted by molar-refractivity contribution is 7.92. The summed E-state index contributed by atoms with van der Waals surface area (Å²) >= 11 is 0. The number of carbonyl (C=O) groups is 1. The standard InChI is InChI=1S/C30H28F6N2O6S/c1-2-42-27(39)7-4-10-37-16-29(17-37)18-38(45(40,41)24-6-3-5-21(14-24)30(34,35)36)25-13-19(8-9-26(25)44-29)20-11-22(31)15-23(12-20)43-28(32)33/h3,5-6,8-9,11-15,28H,2,4,7,10,16-18H2,1H3. The molecule has 0 aromatic heterocycles. The molecule has 242 valence electrons. The molecule has 1 spiro atoms. The molecule has 5 rings (SSSR count). The summed E-state index contributed by atoms with van der Waals surface area (Å²) in [5.74, 6) is -1.58. The van der Waals surface area contributed by atoms with Gasteiger partial charge in [0.25, 0.3) is 10.0 Å². The number of hydrogen-bond donors (Lipinski definition) is 0. The highest BCUT2D eigenvalue weighted by atomic mass is 32.2. The maximum atomic E-state index is 14.3. The molecular weight excluding hydrogens is 630 g/mol. The van der Waals surface area contributed by atoms with Gasteiger partial charge in [-0.2, -0.15) is 22.0 Å². The van der Waals surface area contributed by atoms with Gasteiger partial charge < -0.3 is 14.2 Å². The summed E-state index contributed by atoms with van der Waals surface area (Å²) < 4.78 is 125. The zero-order valence-corrected chi connectivity index (χ0v) is 24.6. The van der Waals surface area contributed by atoms with E-state index in [1.165, 1.54) is 18.2 Å². The highest BCUT2D eigenvalue weighted by Crippen LogP contribution is 2.45. The topological polar surface area (TPSA) is 85.4 Å². The number of esters is 1. The van der Waals surface area contributed by atoms with Crippen molar-refractivity contribution in [1.29, 1.82) is 0 Å². The summed E-state index contributed by atoms with van der Waals surface area (Å²) in [5, 5.41) is 0. The Balaban J connectivity index is 1.49. The van der Waals surface area contributed by atoms with Crippen LogP contribution >= 0.6 is 0 Å². The second-order valence-corrected chi connectivity index (χ2v) is 12.5. The Labute approximate surface area is 255 Å². The summed E-state index contributed by atoms with van der Waals surface area (Å²) in [6.07, 6.45) is -4.10. The number of sulfonamides is 1. The summed E-state index contributed by atoms with van der Waals surface area (Å²) in [5.41, 5.74) is -1.93. The predicted octanol–water partition coefficient (Wildman–Crippen LogP) is 6.10. The van der Waals surface area contributed by atoms with Crippen LogP contribution in [-0.2, 0) is 25.7 Å². The first kappa shape index (κ1) is 32.4. The van der Waals surface area contributed by atoms with Crippen molar-refractivity contribution in [3.63, 3.8) is 0 Å². The normalized spacial score (nSPS) is 16.2. The van der Waals surface area contributed by atoms with Gasteiger partial charge >= 0.3 is 18.8 Å². The van der Waals surface area contributed by atoms with Crippen molar-refractivity contribution in [2.75, 3.05) is 37.1 Å². The summed E-state index contributed by atoms with van der Waals surface area (Å²) in [6.45, 7) is -0.478.